The number of halogens is 1. The highest BCUT2D eigenvalue weighted by molar-refractivity contribution is 6.30. The van der Waals surface area contributed by atoms with Crippen LogP contribution in [0.15, 0.2) is 47.6 Å². The van der Waals surface area contributed by atoms with Crippen molar-refractivity contribution in [2.45, 2.75) is 0 Å². The summed E-state index contributed by atoms with van der Waals surface area (Å²) >= 11 is 5.72. The van der Waals surface area contributed by atoms with Gasteiger partial charge in [-0.25, -0.2) is 5.43 Å². The smallest absolute Gasteiger partial charge is 0.271 e. The summed E-state index contributed by atoms with van der Waals surface area (Å²) in [6.45, 7) is 0. The Bertz CT molecular complexity index is 654. The van der Waals surface area contributed by atoms with Crippen molar-refractivity contribution in [2.75, 3.05) is 0 Å². The van der Waals surface area contributed by atoms with Gasteiger partial charge in [-0.05, 0) is 48.0 Å². The first-order valence-electron chi connectivity index (χ1n) is 5.67. The van der Waals surface area contributed by atoms with Crippen LogP contribution in [0.4, 0.5) is 0 Å². The van der Waals surface area contributed by atoms with E-state index in [0.717, 1.165) is 0 Å². The average molecular weight is 291 g/mol. The van der Waals surface area contributed by atoms with Crippen LogP contribution in [-0.4, -0.2) is 22.3 Å². The molecule has 3 N–H and O–H groups in total. The van der Waals surface area contributed by atoms with Gasteiger partial charge in [0.2, 0.25) is 0 Å². The molecule has 0 saturated heterocycles. The average Bonchev–Trinajstić information content (AvgIpc) is 2.43. The van der Waals surface area contributed by atoms with Gasteiger partial charge in [0.15, 0.2) is 11.5 Å². The van der Waals surface area contributed by atoms with Crippen molar-refractivity contribution < 1.29 is 15.0 Å². The van der Waals surface area contributed by atoms with Crippen molar-refractivity contribution >= 4 is 23.7 Å². The van der Waals surface area contributed by atoms with E-state index >= 15 is 0 Å². The standard InChI is InChI=1S/C14H11ClN2O3/c15-11-4-2-10(3-5-11)14(20)17-16-8-9-1-6-12(18)13(19)7-9/h1-8,18-19H,(H,17,20)/b16-8-. The number of nitrogens with one attached hydrogen (secondary N) is 1. The molecule has 2 rings (SSSR count). The lowest BCUT2D eigenvalue weighted by Gasteiger charge is -2.00. The van der Waals surface area contributed by atoms with E-state index < -0.39 is 0 Å². The van der Waals surface area contributed by atoms with Crippen LogP contribution in [0, 0.1) is 0 Å². The van der Waals surface area contributed by atoms with Crippen LogP contribution in [0.3, 0.4) is 0 Å². The van der Waals surface area contributed by atoms with E-state index in [2.05, 4.69) is 10.5 Å². The summed E-state index contributed by atoms with van der Waals surface area (Å²) in [6, 6.07) is 10.6. The molecule has 2 aromatic carbocycles. The van der Waals surface area contributed by atoms with Crippen molar-refractivity contribution in [2.24, 2.45) is 5.10 Å². The van der Waals surface area contributed by atoms with Gasteiger partial charge in [0.25, 0.3) is 5.91 Å². The molecule has 0 radical (unpaired) electrons. The van der Waals surface area contributed by atoms with Gasteiger partial charge in [0.05, 0.1) is 6.21 Å². The number of carbonyl (C=O) groups excluding carboxylic acids is 1. The Morgan fingerprint density at radius 2 is 1.80 bits per heavy atom. The van der Waals surface area contributed by atoms with E-state index in [1.165, 1.54) is 18.3 Å². The van der Waals surface area contributed by atoms with E-state index in [-0.39, 0.29) is 17.4 Å². The summed E-state index contributed by atoms with van der Waals surface area (Å²) in [6.07, 6.45) is 1.35. The summed E-state index contributed by atoms with van der Waals surface area (Å²) in [5, 5.41) is 22.8. The van der Waals surface area contributed by atoms with Crippen LogP contribution in [0.5, 0.6) is 11.5 Å². The lowest BCUT2D eigenvalue weighted by molar-refractivity contribution is 0.0955. The maximum atomic E-state index is 11.7. The summed E-state index contributed by atoms with van der Waals surface area (Å²) in [5.41, 5.74) is 3.31. The highest BCUT2D eigenvalue weighted by atomic mass is 35.5. The molecule has 0 fully saturated rings. The molecule has 0 aliphatic heterocycles. The second-order valence-corrected chi connectivity index (χ2v) is 4.39. The van der Waals surface area contributed by atoms with Crippen molar-refractivity contribution in [3.05, 3.63) is 58.6 Å². The quantitative estimate of drug-likeness (QED) is 0.461. The predicted octanol–water partition coefficient (Wildman–Crippen LogP) is 2.52. The lowest BCUT2D eigenvalue weighted by Crippen LogP contribution is -2.17. The summed E-state index contributed by atoms with van der Waals surface area (Å²) in [4.78, 5) is 11.7. The van der Waals surface area contributed by atoms with Gasteiger partial charge in [-0.2, -0.15) is 5.10 Å². The Morgan fingerprint density at radius 1 is 1.10 bits per heavy atom. The molecule has 0 saturated carbocycles. The first-order chi connectivity index (χ1) is 9.56. The zero-order valence-corrected chi connectivity index (χ0v) is 11.0. The van der Waals surface area contributed by atoms with Crippen LogP contribution in [0.2, 0.25) is 5.02 Å². The van der Waals surface area contributed by atoms with Crippen molar-refractivity contribution in [3.8, 4) is 11.5 Å². The molecule has 0 aromatic heterocycles. The topological polar surface area (TPSA) is 81.9 Å². The molecule has 0 aliphatic rings. The lowest BCUT2D eigenvalue weighted by atomic mass is 10.2. The summed E-state index contributed by atoms with van der Waals surface area (Å²) in [7, 11) is 0. The summed E-state index contributed by atoms with van der Waals surface area (Å²) in [5.74, 6) is -0.841. The number of aromatic hydroxyl groups is 2. The number of carbonyl (C=O) groups is 1. The fraction of sp³-hybridized carbons (Fsp3) is 0. The Labute approximate surface area is 120 Å². The Morgan fingerprint density at radius 3 is 2.45 bits per heavy atom. The minimum atomic E-state index is -0.374. The minimum absolute atomic E-state index is 0.215. The number of hydrazone groups is 1. The Hall–Kier alpha value is -2.53. The normalized spacial score (nSPS) is 10.7. The van der Waals surface area contributed by atoms with Crippen LogP contribution in [0.1, 0.15) is 15.9 Å². The van der Waals surface area contributed by atoms with E-state index in [4.69, 9.17) is 16.7 Å². The fourth-order valence-corrected chi connectivity index (χ4v) is 1.58. The largest absolute Gasteiger partial charge is 0.504 e. The van der Waals surface area contributed by atoms with Gasteiger partial charge in [0.1, 0.15) is 0 Å². The molecular weight excluding hydrogens is 280 g/mol. The SMILES string of the molecule is O=C(N/N=C\c1ccc(O)c(O)c1)c1ccc(Cl)cc1. The third kappa shape index (κ3) is 3.49. The molecule has 102 valence electrons. The van der Waals surface area contributed by atoms with Crippen LogP contribution >= 0.6 is 11.6 Å². The van der Waals surface area contributed by atoms with Gasteiger partial charge in [-0.1, -0.05) is 11.6 Å². The van der Waals surface area contributed by atoms with E-state index in [1.807, 2.05) is 0 Å². The molecule has 0 atom stereocenters. The van der Waals surface area contributed by atoms with Gasteiger partial charge in [-0.3, -0.25) is 4.79 Å². The first-order valence-corrected chi connectivity index (χ1v) is 6.05. The molecule has 20 heavy (non-hydrogen) atoms. The molecule has 2 aromatic rings. The van der Waals surface area contributed by atoms with Gasteiger partial charge < -0.3 is 10.2 Å². The highest BCUT2D eigenvalue weighted by Crippen LogP contribution is 2.23. The molecule has 0 heterocycles. The molecule has 0 unspecified atom stereocenters. The van der Waals surface area contributed by atoms with Crippen LogP contribution in [0.25, 0.3) is 0 Å². The maximum absolute atomic E-state index is 11.7. The molecule has 0 aliphatic carbocycles. The maximum Gasteiger partial charge on any atom is 0.271 e. The van der Waals surface area contributed by atoms with Crippen LogP contribution in [-0.2, 0) is 0 Å². The van der Waals surface area contributed by atoms with Gasteiger partial charge >= 0.3 is 0 Å². The monoisotopic (exact) mass is 290 g/mol. The second kappa shape index (κ2) is 6.08. The number of rotatable bonds is 3. The van der Waals surface area contributed by atoms with Crippen molar-refractivity contribution in [3.63, 3.8) is 0 Å². The van der Waals surface area contributed by atoms with E-state index in [1.54, 1.807) is 30.3 Å². The molecule has 0 bridgehead atoms. The zero-order valence-electron chi connectivity index (χ0n) is 10.2. The number of hydrogen-bond donors (Lipinski definition) is 3. The van der Waals surface area contributed by atoms with Crippen molar-refractivity contribution in [1.29, 1.82) is 0 Å². The predicted molar refractivity (Wildman–Crippen MR) is 76.3 cm³/mol. The number of phenols is 2. The fourth-order valence-electron chi connectivity index (χ4n) is 1.45. The molecule has 1 amide bonds. The minimum Gasteiger partial charge on any atom is -0.504 e. The summed E-state index contributed by atoms with van der Waals surface area (Å²) < 4.78 is 0. The Balaban J connectivity index is 2.00. The van der Waals surface area contributed by atoms with Crippen molar-refractivity contribution in [1.82, 2.24) is 5.43 Å². The van der Waals surface area contributed by atoms with E-state index in [0.29, 0.717) is 16.1 Å². The number of amides is 1. The number of phenolic OH excluding ortho intramolecular Hbond substituents is 2. The van der Waals surface area contributed by atoms with Gasteiger partial charge in [0, 0.05) is 10.6 Å². The van der Waals surface area contributed by atoms with E-state index in [9.17, 15) is 9.90 Å². The molecule has 0 spiro atoms. The molecule has 5 nitrogen and oxygen atoms in total. The van der Waals surface area contributed by atoms with Crippen LogP contribution < -0.4 is 5.43 Å². The second-order valence-electron chi connectivity index (χ2n) is 3.95. The third-order valence-electron chi connectivity index (χ3n) is 2.49. The number of benzene rings is 2. The number of nitrogens with zero attached hydrogens (tertiary/aromatic N) is 1. The molecular formula is C14H11ClN2O3. The first kappa shape index (κ1) is 13.9. The number of hydrogen-bond acceptors (Lipinski definition) is 4. The zero-order chi connectivity index (χ0) is 14.5. The highest BCUT2D eigenvalue weighted by Gasteiger charge is 2.03. The Kier molecular flexibility index (Phi) is 4.22. The van der Waals surface area contributed by atoms with Gasteiger partial charge in [-0.15, -0.1) is 0 Å². The third-order valence-corrected chi connectivity index (χ3v) is 2.74. The molecule has 6 heteroatoms.